The molecule has 0 aliphatic heterocycles. The minimum absolute atomic E-state index is 0.0609. The maximum atomic E-state index is 11.9. The first-order chi connectivity index (χ1) is 12.7. The second kappa shape index (κ2) is 8.35. The monoisotopic (exact) mass is 369 g/mol. The molecule has 0 saturated carbocycles. The molecular weight excluding hydrogens is 346 g/mol. The molecule has 0 fully saturated rings. The lowest BCUT2D eigenvalue weighted by atomic mass is 9.86. The van der Waals surface area contributed by atoms with Crippen molar-refractivity contribution in [3.63, 3.8) is 0 Å². The number of nitro benzene ring substituents is 1. The minimum Gasteiger partial charge on any atom is -0.483 e. The number of hydrogen-bond acceptors (Lipinski definition) is 5. The van der Waals surface area contributed by atoms with Gasteiger partial charge in [0.1, 0.15) is 5.75 Å². The van der Waals surface area contributed by atoms with Crippen LogP contribution in [-0.4, -0.2) is 17.4 Å². The average molecular weight is 369 g/mol. The van der Waals surface area contributed by atoms with Crippen molar-refractivity contribution in [2.45, 2.75) is 26.2 Å². The highest BCUT2D eigenvalue weighted by Gasteiger charge is 2.13. The van der Waals surface area contributed by atoms with Gasteiger partial charge in [-0.2, -0.15) is 0 Å². The van der Waals surface area contributed by atoms with Gasteiger partial charge in [0.2, 0.25) is 0 Å². The van der Waals surface area contributed by atoms with E-state index in [9.17, 15) is 14.9 Å². The van der Waals surface area contributed by atoms with E-state index in [4.69, 9.17) is 4.74 Å². The van der Waals surface area contributed by atoms with Gasteiger partial charge in [-0.3, -0.25) is 25.8 Å². The number of carbonyl (C=O) groups is 1. The molecule has 7 heteroatoms. The fourth-order valence-corrected chi connectivity index (χ4v) is 2.26. The third kappa shape index (κ3) is 5.85. The quantitative estimate of drug-likeness (QED) is 0.575. The number of non-ortho nitro benzene ring substituents is 1. The molecule has 0 spiro atoms. The number of ether oxygens (including phenoxy) is 1. The Balaban J connectivity index is 1.83. The number of benzene rings is 2. The second-order valence-electron chi connectivity index (χ2n) is 7.02. The van der Waals surface area contributed by atoms with E-state index in [1.165, 1.54) is 23.8 Å². The fourth-order valence-electron chi connectivity index (χ4n) is 2.26. The molecule has 0 aliphatic carbocycles. The molecule has 27 heavy (non-hydrogen) atoms. The van der Waals surface area contributed by atoms with Crippen LogP contribution in [0.4, 0.5) is 5.69 Å². The van der Waals surface area contributed by atoms with Gasteiger partial charge in [0, 0.05) is 6.07 Å². The summed E-state index contributed by atoms with van der Waals surface area (Å²) in [5.74, 6) is -0.190. The van der Waals surface area contributed by atoms with Crippen LogP contribution in [0.5, 0.6) is 5.75 Å². The van der Waals surface area contributed by atoms with E-state index < -0.39 is 10.8 Å². The number of amides is 1. The van der Waals surface area contributed by atoms with Crippen LogP contribution in [0.25, 0.3) is 5.70 Å². The standard InChI is InChI=1S/C20H23N3O4/c1-14(15-8-10-16(11-9-15)20(2,3)4)21-22-19(24)13-27-18-7-5-6-17(12-18)23(25)26/h5-12,21H,1,13H2,2-4H3,(H,22,24). The summed E-state index contributed by atoms with van der Waals surface area (Å²) in [5, 5.41) is 10.7. The van der Waals surface area contributed by atoms with Crippen molar-refractivity contribution >= 4 is 17.3 Å². The Morgan fingerprint density at radius 2 is 1.81 bits per heavy atom. The second-order valence-corrected chi connectivity index (χ2v) is 7.02. The molecule has 2 aromatic carbocycles. The molecule has 2 aromatic rings. The normalized spacial score (nSPS) is 10.8. The molecule has 2 rings (SSSR count). The van der Waals surface area contributed by atoms with E-state index in [0.29, 0.717) is 5.70 Å². The smallest absolute Gasteiger partial charge is 0.276 e. The van der Waals surface area contributed by atoms with Crippen LogP contribution < -0.4 is 15.6 Å². The first-order valence-electron chi connectivity index (χ1n) is 8.39. The van der Waals surface area contributed by atoms with Crippen LogP contribution in [-0.2, 0) is 10.2 Å². The Morgan fingerprint density at radius 3 is 2.41 bits per heavy atom. The number of hydrazine groups is 1. The largest absolute Gasteiger partial charge is 0.483 e. The molecule has 0 aliphatic rings. The van der Waals surface area contributed by atoms with E-state index in [2.05, 4.69) is 38.2 Å². The molecule has 0 atom stereocenters. The third-order valence-electron chi connectivity index (χ3n) is 3.85. The number of rotatable bonds is 7. The molecule has 142 valence electrons. The highest BCUT2D eigenvalue weighted by atomic mass is 16.6. The lowest BCUT2D eigenvalue weighted by Crippen LogP contribution is -2.39. The SMILES string of the molecule is C=C(NNC(=O)COc1cccc([N+](=O)[O-])c1)c1ccc(C(C)(C)C)cc1. The number of nitrogens with one attached hydrogen (secondary N) is 2. The summed E-state index contributed by atoms with van der Waals surface area (Å²) in [6.07, 6.45) is 0. The van der Waals surface area contributed by atoms with Crippen molar-refractivity contribution in [3.05, 3.63) is 76.4 Å². The molecule has 0 aromatic heterocycles. The van der Waals surface area contributed by atoms with Gasteiger partial charge < -0.3 is 4.74 Å². The van der Waals surface area contributed by atoms with Gasteiger partial charge in [-0.05, 0) is 22.6 Å². The summed E-state index contributed by atoms with van der Waals surface area (Å²) < 4.78 is 5.26. The van der Waals surface area contributed by atoms with Crippen LogP contribution >= 0.6 is 0 Å². The summed E-state index contributed by atoms with van der Waals surface area (Å²) >= 11 is 0. The Labute approximate surface area is 158 Å². The van der Waals surface area contributed by atoms with Crippen molar-refractivity contribution in [2.24, 2.45) is 0 Å². The lowest BCUT2D eigenvalue weighted by molar-refractivity contribution is -0.384. The molecule has 2 N–H and O–H groups in total. The molecule has 0 radical (unpaired) electrons. The highest BCUT2D eigenvalue weighted by molar-refractivity contribution is 5.78. The van der Waals surface area contributed by atoms with E-state index in [-0.39, 0.29) is 23.5 Å². The van der Waals surface area contributed by atoms with Crippen molar-refractivity contribution in [1.82, 2.24) is 10.9 Å². The highest BCUT2D eigenvalue weighted by Crippen LogP contribution is 2.23. The molecule has 0 bridgehead atoms. The van der Waals surface area contributed by atoms with E-state index in [1.54, 1.807) is 6.07 Å². The van der Waals surface area contributed by atoms with Crippen molar-refractivity contribution < 1.29 is 14.5 Å². The Morgan fingerprint density at radius 1 is 1.15 bits per heavy atom. The zero-order valence-corrected chi connectivity index (χ0v) is 15.6. The Bertz CT molecular complexity index is 839. The maximum Gasteiger partial charge on any atom is 0.276 e. The predicted octanol–water partition coefficient (Wildman–Crippen LogP) is 3.56. The molecule has 0 saturated heterocycles. The first-order valence-corrected chi connectivity index (χ1v) is 8.39. The summed E-state index contributed by atoms with van der Waals surface area (Å²) in [6, 6.07) is 13.6. The molecule has 1 amide bonds. The first kappa shape index (κ1) is 20.0. The van der Waals surface area contributed by atoms with Crippen LogP contribution in [0.15, 0.2) is 55.1 Å². The number of carbonyl (C=O) groups excluding carboxylic acids is 1. The van der Waals surface area contributed by atoms with Gasteiger partial charge in [0.05, 0.1) is 16.7 Å². The molecule has 0 heterocycles. The van der Waals surface area contributed by atoms with Crippen LogP contribution in [0.3, 0.4) is 0 Å². The van der Waals surface area contributed by atoms with Crippen LogP contribution in [0, 0.1) is 10.1 Å². The number of hydrogen-bond donors (Lipinski definition) is 2. The minimum atomic E-state index is -0.524. The van der Waals surface area contributed by atoms with Gasteiger partial charge in [-0.15, -0.1) is 0 Å². The van der Waals surface area contributed by atoms with E-state index >= 15 is 0 Å². The maximum absolute atomic E-state index is 11.9. The molecular formula is C20H23N3O4. The van der Waals surface area contributed by atoms with Crippen molar-refractivity contribution in [1.29, 1.82) is 0 Å². The summed E-state index contributed by atoms with van der Waals surface area (Å²) in [6.45, 7) is 10.0. The van der Waals surface area contributed by atoms with Gasteiger partial charge in [0.25, 0.3) is 11.6 Å². The number of nitrogens with zero attached hydrogens (tertiary/aromatic N) is 1. The summed E-state index contributed by atoms with van der Waals surface area (Å²) in [4.78, 5) is 22.1. The van der Waals surface area contributed by atoms with Gasteiger partial charge in [0.15, 0.2) is 6.61 Å². The van der Waals surface area contributed by atoms with E-state index in [1.807, 2.05) is 24.3 Å². The van der Waals surface area contributed by atoms with Gasteiger partial charge >= 0.3 is 0 Å². The molecule has 7 nitrogen and oxygen atoms in total. The van der Waals surface area contributed by atoms with Gasteiger partial charge in [-0.1, -0.05) is 57.7 Å². The third-order valence-corrected chi connectivity index (χ3v) is 3.85. The topological polar surface area (TPSA) is 93.5 Å². The Hall–Kier alpha value is -3.35. The van der Waals surface area contributed by atoms with Crippen LogP contribution in [0.2, 0.25) is 0 Å². The van der Waals surface area contributed by atoms with Gasteiger partial charge in [-0.25, -0.2) is 0 Å². The number of nitro groups is 1. The zero-order chi connectivity index (χ0) is 20.0. The lowest BCUT2D eigenvalue weighted by Gasteiger charge is -2.19. The van der Waals surface area contributed by atoms with Crippen molar-refractivity contribution in [2.75, 3.05) is 6.61 Å². The predicted molar refractivity (Wildman–Crippen MR) is 104 cm³/mol. The Kier molecular flexibility index (Phi) is 6.18. The zero-order valence-electron chi connectivity index (χ0n) is 15.6. The summed E-state index contributed by atoms with van der Waals surface area (Å²) in [5.41, 5.74) is 7.78. The molecule has 0 unspecified atom stereocenters. The van der Waals surface area contributed by atoms with Crippen LogP contribution in [0.1, 0.15) is 31.9 Å². The fraction of sp³-hybridized carbons (Fsp3) is 0.250. The van der Waals surface area contributed by atoms with Crippen molar-refractivity contribution in [3.8, 4) is 5.75 Å². The summed E-state index contributed by atoms with van der Waals surface area (Å²) in [7, 11) is 0. The average Bonchev–Trinajstić information content (AvgIpc) is 2.64. The van der Waals surface area contributed by atoms with E-state index in [0.717, 1.165) is 5.56 Å².